The molecule has 0 spiro atoms. The zero-order valence-electron chi connectivity index (χ0n) is 12.8. The molecule has 0 N–H and O–H groups in total. The lowest BCUT2D eigenvalue weighted by atomic mass is 10.3. The van der Waals surface area contributed by atoms with Crippen LogP contribution in [-0.4, -0.2) is 29.4 Å². The molecular weight excluding hydrogens is 354 g/mol. The summed E-state index contributed by atoms with van der Waals surface area (Å²) in [5.41, 5.74) is 0.998. The van der Waals surface area contributed by atoms with E-state index < -0.39 is 10.0 Å². The molecule has 0 amide bonds. The van der Waals surface area contributed by atoms with Crippen LogP contribution in [0.3, 0.4) is 0 Å². The van der Waals surface area contributed by atoms with Crippen molar-refractivity contribution >= 4 is 38.3 Å². The first-order chi connectivity index (χ1) is 11.4. The Hall–Kier alpha value is -2.45. The summed E-state index contributed by atoms with van der Waals surface area (Å²) in [4.78, 5) is 20.4. The van der Waals surface area contributed by atoms with Gasteiger partial charge < -0.3 is 0 Å². The van der Waals surface area contributed by atoms with Crippen LogP contribution < -0.4 is 0 Å². The van der Waals surface area contributed by atoms with Gasteiger partial charge in [0.2, 0.25) is 0 Å². The number of aromatic nitrogens is 2. The second kappa shape index (κ2) is 5.88. The summed E-state index contributed by atoms with van der Waals surface area (Å²) in [6.07, 6.45) is 0. The predicted molar refractivity (Wildman–Crippen MR) is 88.8 cm³/mol. The average molecular weight is 367 g/mol. The zero-order valence-corrected chi connectivity index (χ0v) is 14.4. The van der Waals surface area contributed by atoms with Crippen LogP contribution in [0, 0.1) is 11.8 Å². The molecule has 9 heteroatoms. The number of hydrogen-bond acceptors (Lipinski definition) is 5. The van der Waals surface area contributed by atoms with Gasteiger partial charge in [-0.1, -0.05) is 23.7 Å². The molecule has 0 saturated heterocycles. The van der Waals surface area contributed by atoms with Crippen LogP contribution in [0.25, 0.3) is 11.0 Å². The quantitative estimate of drug-likeness (QED) is 0.662. The Labute approximate surface area is 143 Å². The number of para-hydroxylation sites is 2. The first-order valence-electron chi connectivity index (χ1n) is 6.87. The monoisotopic (exact) mass is 366 g/mol. The van der Waals surface area contributed by atoms with Gasteiger partial charge in [-0.15, -0.1) is 0 Å². The summed E-state index contributed by atoms with van der Waals surface area (Å²) in [7, 11) is -2.86. The molecule has 7 nitrogen and oxygen atoms in total. The molecule has 3 aromatic rings. The van der Waals surface area contributed by atoms with Gasteiger partial charge in [-0.3, -0.25) is 0 Å². The molecule has 0 bridgehead atoms. The lowest BCUT2D eigenvalue weighted by molar-refractivity contribution is -0.736. The summed E-state index contributed by atoms with van der Waals surface area (Å²) >= 11 is 6.07. The van der Waals surface area contributed by atoms with E-state index in [4.69, 9.17) is 11.6 Å². The third kappa shape index (κ3) is 2.53. The molecule has 0 aliphatic rings. The SMILES string of the molecule is CO[N+](=O)c1ccc(Cl)c(S(=O)(=O)n2c(C)nc3ccccc32)c1. The van der Waals surface area contributed by atoms with Crippen LogP contribution in [-0.2, 0) is 14.9 Å². The minimum absolute atomic E-state index is 0.000402. The van der Waals surface area contributed by atoms with Crippen molar-refractivity contribution in [2.45, 2.75) is 11.8 Å². The Morgan fingerprint density at radius 3 is 2.62 bits per heavy atom. The molecule has 0 fully saturated rings. The van der Waals surface area contributed by atoms with Crippen molar-refractivity contribution in [1.82, 2.24) is 8.96 Å². The van der Waals surface area contributed by atoms with Crippen molar-refractivity contribution < 1.29 is 18.2 Å². The molecule has 0 aliphatic carbocycles. The molecule has 1 heterocycles. The Kier molecular flexibility index (Phi) is 4.02. The number of halogens is 1. The standard InChI is InChI=1S/C15H13ClN3O4S/c1-10-17-13-5-3-4-6-14(13)18(10)24(21,22)15-9-11(19(20)23-2)7-8-12(15)16/h3-9H,1-2H3/q+1. The maximum absolute atomic E-state index is 13.1. The second-order valence-electron chi connectivity index (χ2n) is 4.97. The molecule has 24 heavy (non-hydrogen) atoms. The first-order valence-corrected chi connectivity index (χ1v) is 8.68. The fourth-order valence-corrected chi connectivity index (χ4v) is 4.43. The molecule has 0 unspecified atom stereocenters. The van der Waals surface area contributed by atoms with E-state index >= 15 is 0 Å². The number of benzene rings is 2. The molecule has 2 aromatic carbocycles. The molecule has 0 aliphatic heterocycles. The van der Waals surface area contributed by atoms with Gasteiger partial charge in [0, 0.05) is 12.1 Å². The largest absolute Gasteiger partial charge is 0.318 e. The van der Waals surface area contributed by atoms with Gasteiger partial charge in [-0.2, -0.15) is 0 Å². The van der Waals surface area contributed by atoms with E-state index in [1.807, 2.05) is 0 Å². The van der Waals surface area contributed by atoms with E-state index in [2.05, 4.69) is 9.82 Å². The van der Waals surface area contributed by atoms with Crippen LogP contribution in [0.15, 0.2) is 47.4 Å². The van der Waals surface area contributed by atoms with Crippen molar-refractivity contribution in [3.8, 4) is 0 Å². The Morgan fingerprint density at radius 2 is 1.92 bits per heavy atom. The van der Waals surface area contributed by atoms with Crippen molar-refractivity contribution in [2.75, 3.05) is 7.11 Å². The fraction of sp³-hybridized carbons (Fsp3) is 0.133. The second-order valence-corrected chi connectivity index (χ2v) is 7.13. The van der Waals surface area contributed by atoms with Gasteiger partial charge in [-0.05, 0) is 25.1 Å². The Morgan fingerprint density at radius 1 is 1.21 bits per heavy atom. The van der Waals surface area contributed by atoms with E-state index in [0.29, 0.717) is 16.9 Å². The average Bonchev–Trinajstić information content (AvgIpc) is 2.90. The fourth-order valence-electron chi connectivity index (χ4n) is 2.43. The van der Waals surface area contributed by atoms with Gasteiger partial charge in [-0.25, -0.2) is 22.2 Å². The Balaban J connectivity index is 2.28. The maximum atomic E-state index is 13.1. The number of aryl methyl sites for hydroxylation is 1. The molecule has 0 saturated carbocycles. The highest BCUT2D eigenvalue weighted by Gasteiger charge is 2.28. The highest BCUT2D eigenvalue weighted by Crippen LogP contribution is 2.30. The molecule has 124 valence electrons. The van der Waals surface area contributed by atoms with E-state index in [1.165, 1.54) is 25.3 Å². The molecule has 0 atom stereocenters. The van der Waals surface area contributed by atoms with Crippen LogP contribution in [0.5, 0.6) is 0 Å². The van der Waals surface area contributed by atoms with Crippen molar-refractivity contribution in [3.63, 3.8) is 0 Å². The van der Waals surface area contributed by atoms with Crippen LogP contribution in [0.2, 0.25) is 5.02 Å². The molecular formula is C15H13ClN3O4S+. The minimum Gasteiger partial charge on any atom is -0.232 e. The lowest BCUT2D eigenvalue weighted by Crippen LogP contribution is -2.15. The van der Waals surface area contributed by atoms with Crippen molar-refractivity contribution in [3.05, 3.63) is 58.2 Å². The summed E-state index contributed by atoms with van der Waals surface area (Å²) in [6, 6.07) is 10.7. The van der Waals surface area contributed by atoms with E-state index in [0.717, 1.165) is 3.97 Å². The third-order valence-corrected chi connectivity index (χ3v) is 5.76. The smallest absolute Gasteiger partial charge is 0.232 e. The summed E-state index contributed by atoms with van der Waals surface area (Å²) in [5, 5.41) is 0.000402. The summed E-state index contributed by atoms with van der Waals surface area (Å²) in [5.74, 6) is 0.295. The lowest BCUT2D eigenvalue weighted by Gasteiger charge is -2.09. The zero-order chi connectivity index (χ0) is 17.5. The number of fused-ring (bicyclic) bond motifs is 1. The van der Waals surface area contributed by atoms with Gasteiger partial charge in [0.25, 0.3) is 14.9 Å². The maximum Gasteiger partial charge on any atom is 0.318 e. The number of hydrogen-bond donors (Lipinski definition) is 0. The van der Waals surface area contributed by atoms with Crippen molar-refractivity contribution in [1.29, 1.82) is 0 Å². The van der Waals surface area contributed by atoms with E-state index in [-0.39, 0.29) is 20.5 Å². The summed E-state index contributed by atoms with van der Waals surface area (Å²) < 4.78 is 27.3. The van der Waals surface area contributed by atoms with E-state index in [1.54, 1.807) is 31.2 Å². The van der Waals surface area contributed by atoms with Gasteiger partial charge in [0.1, 0.15) is 10.7 Å². The number of rotatable bonds is 4. The highest BCUT2D eigenvalue weighted by atomic mass is 35.5. The van der Waals surface area contributed by atoms with Gasteiger partial charge >= 0.3 is 5.69 Å². The topological polar surface area (TPSA) is 81.3 Å². The first kappa shape index (κ1) is 16.4. The van der Waals surface area contributed by atoms with Crippen LogP contribution in [0.1, 0.15) is 5.82 Å². The summed E-state index contributed by atoms with van der Waals surface area (Å²) in [6.45, 7) is 1.59. The van der Waals surface area contributed by atoms with Gasteiger partial charge in [0.15, 0.2) is 7.11 Å². The molecule has 0 radical (unpaired) electrons. The molecule has 3 rings (SSSR count). The van der Waals surface area contributed by atoms with Crippen LogP contribution >= 0.6 is 11.6 Å². The third-order valence-electron chi connectivity index (χ3n) is 3.49. The normalized spacial score (nSPS) is 11.6. The van der Waals surface area contributed by atoms with Crippen LogP contribution in [0.4, 0.5) is 5.69 Å². The highest BCUT2D eigenvalue weighted by molar-refractivity contribution is 7.90. The van der Waals surface area contributed by atoms with Crippen molar-refractivity contribution in [2.24, 2.45) is 0 Å². The number of nitrogens with zero attached hydrogens (tertiary/aromatic N) is 3. The predicted octanol–water partition coefficient (Wildman–Crippen LogP) is 3.21. The molecule has 1 aromatic heterocycles. The minimum atomic E-state index is -4.05. The van der Waals surface area contributed by atoms with E-state index in [9.17, 15) is 13.3 Å². The number of imidazole rings is 1. The van der Waals surface area contributed by atoms with Gasteiger partial charge in [0.05, 0.1) is 21.0 Å². The Bertz CT molecular complexity index is 1060.